The van der Waals surface area contributed by atoms with Crippen molar-refractivity contribution >= 4 is 11.4 Å². The lowest BCUT2D eigenvalue weighted by atomic mass is 10.1. The normalized spacial score (nSPS) is 10.8. The molecule has 0 bridgehead atoms. The zero-order valence-electron chi connectivity index (χ0n) is 12.8. The molecule has 2 N–H and O–H groups in total. The Morgan fingerprint density at radius 1 is 1.08 bits per heavy atom. The first-order valence-corrected chi connectivity index (χ1v) is 7.62. The van der Waals surface area contributed by atoms with Crippen molar-refractivity contribution in [2.24, 2.45) is 0 Å². The van der Waals surface area contributed by atoms with Gasteiger partial charge in [0.1, 0.15) is 5.69 Å². The van der Waals surface area contributed by atoms with Gasteiger partial charge in [0.05, 0.1) is 23.4 Å². The number of fused-ring (bicyclic) bond motifs is 1. The predicted octanol–water partition coefficient (Wildman–Crippen LogP) is 2.65. The Labute approximate surface area is 138 Å². The lowest BCUT2D eigenvalue weighted by Gasteiger charge is -1.99. The molecule has 1 amide bonds. The van der Waals surface area contributed by atoms with Crippen molar-refractivity contribution in [2.75, 3.05) is 0 Å². The topological polar surface area (TPSA) is 75.1 Å². The Morgan fingerprint density at radius 3 is 2.75 bits per heavy atom. The predicted molar refractivity (Wildman–Crippen MR) is 90.4 cm³/mol. The first-order chi connectivity index (χ1) is 11.8. The van der Waals surface area contributed by atoms with Crippen LogP contribution >= 0.6 is 0 Å². The highest BCUT2D eigenvalue weighted by atomic mass is 16.1. The zero-order valence-corrected chi connectivity index (χ0v) is 12.8. The lowest BCUT2D eigenvalue weighted by Crippen LogP contribution is -2.23. The molecule has 0 aliphatic carbocycles. The van der Waals surface area contributed by atoms with Crippen LogP contribution in [0.2, 0.25) is 0 Å². The van der Waals surface area contributed by atoms with Crippen LogP contribution in [0, 0.1) is 0 Å². The monoisotopic (exact) mass is 317 g/mol. The summed E-state index contributed by atoms with van der Waals surface area (Å²) < 4.78 is 1.78. The van der Waals surface area contributed by atoms with Crippen molar-refractivity contribution < 1.29 is 4.79 Å². The minimum atomic E-state index is -0.207. The summed E-state index contributed by atoms with van der Waals surface area (Å²) >= 11 is 0. The van der Waals surface area contributed by atoms with Crippen molar-refractivity contribution in [3.8, 4) is 11.3 Å². The average molecular weight is 317 g/mol. The summed E-state index contributed by atoms with van der Waals surface area (Å²) in [5.41, 5.74) is 3.94. The summed E-state index contributed by atoms with van der Waals surface area (Å²) in [6.45, 7) is 0.361. The molecule has 0 aliphatic heterocycles. The molecular formula is C18H15N5O. The van der Waals surface area contributed by atoms with Crippen molar-refractivity contribution in [1.29, 1.82) is 0 Å². The second kappa shape index (κ2) is 6.00. The van der Waals surface area contributed by atoms with Crippen LogP contribution < -0.4 is 5.32 Å². The van der Waals surface area contributed by atoms with E-state index in [-0.39, 0.29) is 5.91 Å². The van der Waals surface area contributed by atoms with E-state index in [0.29, 0.717) is 12.2 Å². The number of nitrogens with one attached hydrogen (secondary N) is 2. The highest BCUT2D eigenvalue weighted by molar-refractivity contribution is 5.93. The first kappa shape index (κ1) is 14.2. The van der Waals surface area contributed by atoms with E-state index in [0.717, 1.165) is 22.5 Å². The molecule has 0 spiro atoms. The lowest BCUT2D eigenvalue weighted by molar-refractivity contribution is 0.0945. The molecule has 4 rings (SSSR count). The molecule has 0 fully saturated rings. The minimum absolute atomic E-state index is 0.207. The number of aromatic amines is 1. The minimum Gasteiger partial charge on any atom is -0.345 e. The number of amides is 1. The molecule has 3 aromatic heterocycles. The second-order valence-corrected chi connectivity index (χ2v) is 5.42. The molecule has 0 saturated heterocycles. The molecule has 1 aromatic carbocycles. The first-order valence-electron chi connectivity index (χ1n) is 7.62. The van der Waals surface area contributed by atoms with E-state index in [1.807, 2.05) is 60.8 Å². The number of H-pyrrole nitrogens is 1. The third-order valence-corrected chi connectivity index (χ3v) is 3.74. The summed E-state index contributed by atoms with van der Waals surface area (Å²) in [7, 11) is 0. The molecule has 24 heavy (non-hydrogen) atoms. The quantitative estimate of drug-likeness (QED) is 0.607. The Bertz CT molecular complexity index is 954. The van der Waals surface area contributed by atoms with E-state index in [4.69, 9.17) is 0 Å². The maximum Gasteiger partial charge on any atom is 0.269 e. The number of carbonyl (C=O) groups is 1. The van der Waals surface area contributed by atoms with E-state index in [1.165, 1.54) is 0 Å². The molecule has 6 nitrogen and oxygen atoms in total. The molecule has 0 unspecified atom stereocenters. The Kier molecular flexibility index (Phi) is 3.55. The number of hydrogen-bond acceptors (Lipinski definition) is 3. The number of hydrogen-bond donors (Lipinski definition) is 2. The van der Waals surface area contributed by atoms with Crippen LogP contribution in [0.1, 0.15) is 16.2 Å². The molecule has 0 aliphatic rings. The van der Waals surface area contributed by atoms with Crippen LogP contribution in [-0.2, 0) is 6.54 Å². The summed E-state index contributed by atoms with van der Waals surface area (Å²) in [6.07, 6.45) is 1.88. The van der Waals surface area contributed by atoms with Gasteiger partial charge in [-0.25, -0.2) is 4.52 Å². The van der Waals surface area contributed by atoms with Crippen LogP contribution in [-0.4, -0.2) is 25.7 Å². The van der Waals surface area contributed by atoms with Gasteiger partial charge in [-0.3, -0.25) is 9.89 Å². The summed E-state index contributed by atoms with van der Waals surface area (Å²) in [6, 6.07) is 19.3. The molecule has 4 aromatic rings. The highest BCUT2D eigenvalue weighted by Crippen LogP contribution is 2.16. The molecule has 3 heterocycles. The van der Waals surface area contributed by atoms with Gasteiger partial charge >= 0.3 is 0 Å². The second-order valence-electron chi connectivity index (χ2n) is 5.42. The maximum atomic E-state index is 12.3. The van der Waals surface area contributed by atoms with Gasteiger partial charge in [-0.1, -0.05) is 36.4 Å². The largest absolute Gasteiger partial charge is 0.345 e. The fourth-order valence-electron chi connectivity index (χ4n) is 2.54. The van der Waals surface area contributed by atoms with Gasteiger partial charge in [-0.2, -0.15) is 10.2 Å². The summed E-state index contributed by atoms with van der Waals surface area (Å²) in [5.74, 6) is -0.207. The van der Waals surface area contributed by atoms with Crippen LogP contribution in [0.25, 0.3) is 16.8 Å². The van der Waals surface area contributed by atoms with Gasteiger partial charge in [0.2, 0.25) is 0 Å². The highest BCUT2D eigenvalue weighted by Gasteiger charge is 2.11. The number of benzene rings is 1. The summed E-state index contributed by atoms with van der Waals surface area (Å²) in [4.78, 5) is 12.3. The molecule has 6 heteroatoms. The number of pyridine rings is 1. The fraction of sp³-hybridized carbons (Fsp3) is 0.0556. The van der Waals surface area contributed by atoms with Crippen LogP contribution in [0.4, 0.5) is 0 Å². The SMILES string of the molecule is O=C(NCc1cc2ccccn2n1)c1cc(-c2ccccc2)n[nH]1. The van der Waals surface area contributed by atoms with Gasteiger partial charge in [-0.05, 0) is 24.3 Å². The maximum absolute atomic E-state index is 12.3. The van der Waals surface area contributed by atoms with Gasteiger partial charge in [-0.15, -0.1) is 0 Å². The van der Waals surface area contributed by atoms with Gasteiger partial charge in [0, 0.05) is 11.8 Å². The van der Waals surface area contributed by atoms with Crippen molar-refractivity contribution in [3.05, 3.63) is 78.2 Å². The molecule has 0 radical (unpaired) electrons. The number of nitrogens with zero attached hydrogens (tertiary/aromatic N) is 3. The van der Waals surface area contributed by atoms with Crippen LogP contribution in [0.3, 0.4) is 0 Å². The third kappa shape index (κ3) is 2.77. The van der Waals surface area contributed by atoms with E-state index < -0.39 is 0 Å². The standard InChI is InChI=1S/C18H15N5O/c24-18(17-11-16(20-21-17)13-6-2-1-3-7-13)19-12-14-10-15-8-4-5-9-23(15)22-14/h1-11H,12H2,(H,19,24)(H,20,21). The third-order valence-electron chi connectivity index (χ3n) is 3.74. The van der Waals surface area contributed by atoms with Crippen molar-refractivity contribution in [1.82, 2.24) is 25.1 Å². The number of aromatic nitrogens is 4. The van der Waals surface area contributed by atoms with Gasteiger partial charge in [0.25, 0.3) is 5.91 Å². The Morgan fingerprint density at radius 2 is 1.92 bits per heavy atom. The molecule has 118 valence electrons. The summed E-state index contributed by atoms with van der Waals surface area (Å²) in [5, 5.41) is 14.2. The van der Waals surface area contributed by atoms with Crippen molar-refractivity contribution in [3.63, 3.8) is 0 Å². The van der Waals surface area contributed by atoms with Gasteiger partial charge in [0.15, 0.2) is 0 Å². The van der Waals surface area contributed by atoms with Crippen LogP contribution in [0.15, 0.2) is 66.9 Å². The number of carbonyl (C=O) groups excluding carboxylic acids is 1. The molecule has 0 saturated carbocycles. The fourth-order valence-corrected chi connectivity index (χ4v) is 2.54. The van der Waals surface area contributed by atoms with Crippen molar-refractivity contribution in [2.45, 2.75) is 6.54 Å². The Balaban J connectivity index is 1.45. The van der Waals surface area contributed by atoms with E-state index >= 15 is 0 Å². The van der Waals surface area contributed by atoms with Crippen LogP contribution in [0.5, 0.6) is 0 Å². The number of rotatable bonds is 4. The molecule has 0 atom stereocenters. The molecular weight excluding hydrogens is 302 g/mol. The smallest absolute Gasteiger partial charge is 0.269 e. The zero-order chi connectivity index (χ0) is 16.4. The average Bonchev–Trinajstić information content (AvgIpc) is 3.27. The van der Waals surface area contributed by atoms with E-state index in [2.05, 4.69) is 20.6 Å². The van der Waals surface area contributed by atoms with E-state index in [9.17, 15) is 4.79 Å². The van der Waals surface area contributed by atoms with E-state index in [1.54, 1.807) is 10.6 Å². The van der Waals surface area contributed by atoms with Gasteiger partial charge < -0.3 is 5.32 Å². The Hall–Kier alpha value is -3.41.